The molecule has 0 aliphatic carbocycles. The summed E-state index contributed by atoms with van der Waals surface area (Å²) in [6, 6.07) is 5.11. The Kier molecular flexibility index (Phi) is 5.78. The van der Waals surface area contributed by atoms with E-state index in [2.05, 4.69) is 19.2 Å². The van der Waals surface area contributed by atoms with E-state index in [1.807, 2.05) is 0 Å². The third-order valence-electron chi connectivity index (χ3n) is 2.93. The summed E-state index contributed by atoms with van der Waals surface area (Å²) in [4.78, 5) is 0. The Morgan fingerprint density at radius 1 is 1.31 bits per heavy atom. The molecule has 0 aromatic heterocycles. The maximum absolute atomic E-state index is 13.5. The van der Waals surface area contributed by atoms with Crippen molar-refractivity contribution in [3.63, 3.8) is 0 Å². The van der Waals surface area contributed by atoms with Crippen molar-refractivity contribution in [2.24, 2.45) is 5.92 Å². The van der Waals surface area contributed by atoms with E-state index in [0.717, 1.165) is 19.4 Å². The van der Waals surface area contributed by atoms with Gasteiger partial charge in [-0.1, -0.05) is 50.4 Å². The van der Waals surface area contributed by atoms with Crippen LogP contribution in [0.15, 0.2) is 18.2 Å². The van der Waals surface area contributed by atoms with Crippen molar-refractivity contribution < 1.29 is 4.39 Å². The molecule has 1 rings (SSSR count). The zero-order valence-electron chi connectivity index (χ0n) is 9.89. The quantitative estimate of drug-likeness (QED) is 0.796. The molecule has 90 valence electrons. The van der Waals surface area contributed by atoms with Crippen LogP contribution in [0.4, 0.5) is 4.39 Å². The summed E-state index contributed by atoms with van der Waals surface area (Å²) in [5.74, 6) is 0.364. The third-order valence-corrected chi connectivity index (χ3v) is 3.23. The van der Waals surface area contributed by atoms with Crippen LogP contribution in [0.1, 0.15) is 32.3 Å². The van der Waals surface area contributed by atoms with Gasteiger partial charge in [0.1, 0.15) is 5.82 Å². The van der Waals surface area contributed by atoms with Crippen LogP contribution in [0.3, 0.4) is 0 Å². The monoisotopic (exact) mass is 243 g/mol. The molecule has 0 bridgehead atoms. The van der Waals surface area contributed by atoms with Crippen molar-refractivity contribution in [2.75, 3.05) is 6.54 Å². The average Bonchev–Trinajstić information content (AvgIpc) is 2.30. The predicted molar refractivity (Wildman–Crippen MR) is 67.2 cm³/mol. The molecule has 0 aliphatic rings. The van der Waals surface area contributed by atoms with Crippen LogP contribution >= 0.6 is 11.6 Å². The largest absolute Gasteiger partial charge is 0.312 e. The topological polar surface area (TPSA) is 12.0 Å². The molecule has 0 saturated heterocycles. The van der Waals surface area contributed by atoms with Crippen LogP contribution in [-0.2, 0) is 6.54 Å². The Morgan fingerprint density at radius 3 is 2.62 bits per heavy atom. The normalized spacial score (nSPS) is 11.1. The number of benzene rings is 1. The van der Waals surface area contributed by atoms with Crippen molar-refractivity contribution in [3.05, 3.63) is 34.6 Å². The molecule has 1 nitrogen and oxygen atoms in total. The van der Waals surface area contributed by atoms with Gasteiger partial charge in [0.25, 0.3) is 0 Å². The first kappa shape index (κ1) is 13.5. The summed E-state index contributed by atoms with van der Waals surface area (Å²) < 4.78 is 13.5. The van der Waals surface area contributed by atoms with Crippen molar-refractivity contribution in [3.8, 4) is 0 Å². The van der Waals surface area contributed by atoms with Crippen LogP contribution < -0.4 is 5.32 Å². The highest BCUT2D eigenvalue weighted by Crippen LogP contribution is 2.17. The highest BCUT2D eigenvalue weighted by atomic mass is 35.5. The minimum absolute atomic E-state index is 0.196. The molecule has 1 aromatic carbocycles. The van der Waals surface area contributed by atoms with Crippen LogP contribution in [0.5, 0.6) is 0 Å². The fourth-order valence-electron chi connectivity index (χ4n) is 1.67. The number of rotatable bonds is 6. The molecule has 0 radical (unpaired) electrons. The molecule has 0 saturated carbocycles. The first-order valence-corrected chi connectivity index (χ1v) is 6.20. The van der Waals surface area contributed by atoms with Gasteiger partial charge >= 0.3 is 0 Å². The Bertz CT molecular complexity index is 324. The minimum atomic E-state index is -0.304. The SMILES string of the molecule is CCC(CC)CNCc1cccc(Cl)c1F. The lowest BCUT2D eigenvalue weighted by Gasteiger charge is -2.13. The van der Waals surface area contributed by atoms with E-state index in [1.165, 1.54) is 0 Å². The Balaban J connectivity index is 2.46. The van der Waals surface area contributed by atoms with Gasteiger partial charge in [0, 0.05) is 12.1 Å². The first-order valence-electron chi connectivity index (χ1n) is 5.82. The van der Waals surface area contributed by atoms with Crippen molar-refractivity contribution in [1.82, 2.24) is 5.32 Å². The fourth-order valence-corrected chi connectivity index (χ4v) is 1.87. The number of halogens is 2. The summed E-state index contributed by atoms with van der Waals surface area (Å²) >= 11 is 5.71. The van der Waals surface area contributed by atoms with E-state index in [0.29, 0.717) is 18.0 Å². The number of hydrogen-bond donors (Lipinski definition) is 1. The molecule has 1 aromatic rings. The maximum atomic E-state index is 13.5. The molecule has 0 aliphatic heterocycles. The van der Waals surface area contributed by atoms with Gasteiger partial charge in [0.15, 0.2) is 0 Å². The summed E-state index contributed by atoms with van der Waals surface area (Å²) in [5, 5.41) is 3.47. The molecular formula is C13H19ClFN. The highest BCUT2D eigenvalue weighted by Gasteiger charge is 2.07. The molecule has 1 N–H and O–H groups in total. The summed E-state index contributed by atoms with van der Waals surface area (Å²) in [7, 11) is 0. The maximum Gasteiger partial charge on any atom is 0.146 e. The average molecular weight is 244 g/mol. The predicted octanol–water partition coefficient (Wildman–Crippen LogP) is 4.00. The molecule has 0 spiro atoms. The van der Waals surface area contributed by atoms with Crippen molar-refractivity contribution in [1.29, 1.82) is 0 Å². The zero-order chi connectivity index (χ0) is 12.0. The lowest BCUT2D eigenvalue weighted by atomic mass is 10.0. The van der Waals surface area contributed by atoms with Gasteiger partial charge in [0.05, 0.1) is 5.02 Å². The summed E-state index contributed by atoms with van der Waals surface area (Å²) in [6.07, 6.45) is 2.31. The fraction of sp³-hybridized carbons (Fsp3) is 0.538. The molecule has 0 heterocycles. The van der Waals surface area contributed by atoms with Gasteiger partial charge in [-0.2, -0.15) is 0 Å². The second kappa shape index (κ2) is 6.87. The van der Waals surface area contributed by atoms with E-state index in [4.69, 9.17) is 11.6 Å². The van der Waals surface area contributed by atoms with Gasteiger partial charge in [-0.05, 0) is 18.5 Å². The van der Waals surface area contributed by atoms with Crippen molar-refractivity contribution >= 4 is 11.6 Å². The molecule has 0 fully saturated rings. The molecule has 0 unspecified atom stereocenters. The van der Waals surface area contributed by atoms with E-state index < -0.39 is 0 Å². The van der Waals surface area contributed by atoms with Gasteiger partial charge in [-0.25, -0.2) is 4.39 Å². The lowest BCUT2D eigenvalue weighted by molar-refractivity contribution is 0.446. The van der Waals surface area contributed by atoms with E-state index >= 15 is 0 Å². The minimum Gasteiger partial charge on any atom is -0.312 e. The number of nitrogens with one attached hydrogen (secondary N) is 1. The molecular weight excluding hydrogens is 225 g/mol. The Morgan fingerprint density at radius 2 is 2.00 bits per heavy atom. The van der Waals surface area contributed by atoms with E-state index in [9.17, 15) is 4.39 Å². The summed E-state index contributed by atoms with van der Waals surface area (Å²) in [5.41, 5.74) is 0.637. The van der Waals surface area contributed by atoms with Crippen LogP contribution in [0.25, 0.3) is 0 Å². The Labute approximate surface area is 102 Å². The van der Waals surface area contributed by atoms with Gasteiger partial charge in [-0.15, -0.1) is 0 Å². The Hall–Kier alpha value is -0.600. The third kappa shape index (κ3) is 3.76. The van der Waals surface area contributed by atoms with E-state index in [1.54, 1.807) is 18.2 Å². The van der Waals surface area contributed by atoms with Crippen LogP contribution in [-0.4, -0.2) is 6.54 Å². The second-order valence-corrected chi connectivity index (χ2v) is 4.43. The van der Waals surface area contributed by atoms with E-state index in [-0.39, 0.29) is 10.8 Å². The highest BCUT2D eigenvalue weighted by molar-refractivity contribution is 6.30. The molecule has 0 atom stereocenters. The zero-order valence-corrected chi connectivity index (χ0v) is 10.6. The molecule has 16 heavy (non-hydrogen) atoms. The summed E-state index contributed by atoms with van der Waals surface area (Å²) in [6.45, 7) is 5.83. The first-order chi connectivity index (χ1) is 7.69. The molecule has 0 amide bonds. The van der Waals surface area contributed by atoms with Crippen molar-refractivity contribution in [2.45, 2.75) is 33.2 Å². The number of hydrogen-bond acceptors (Lipinski definition) is 1. The standard InChI is InChI=1S/C13H19ClFN/c1-3-10(4-2)8-16-9-11-6-5-7-12(14)13(11)15/h5-7,10,16H,3-4,8-9H2,1-2H3. The van der Waals surface area contributed by atoms with Crippen LogP contribution in [0.2, 0.25) is 5.02 Å². The lowest BCUT2D eigenvalue weighted by Crippen LogP contribution is -2.22. The van der Waals surface area contributed by atoms with Crippen LogP contribution in [0, 0.1) is 11.7 Å². The molecule has 3 heteroatoms. The van der Waals surface area contributed by atoms with Gasteiger partial charge in [0.2, 0.25) is 0 Å². The van der Waals surface area contributed by atoms with Gasteiger partial charge < -0.3 is 5.32 Å². The smallest absolute Gasteiger partial charge is 0.146 e. The second-order valence-electron chi connectivity index (χ2n) is 4.03. The van der Waals surface area contributed by atoms with Gasteiger partial charge in [-0.3, -0.25) is 0 Å².